The number of hydrogen-bond donors (Lipinski definition) is 3. The summed E-state index contributed by atoms with van der Waals surface area (Å²) in [6, 6.07) is 20.3. The zero-order valence-electron chi connectivity index (χ0n) is 15.7. The predicted octanol–water partition coefficient (Wildman–Crippen LogP) is 3.65. The van der Waals surface area contributed by atoms with E-state index in [4.69, 9.17) is 4.74 Å². The van der Waals surface area contributed by atoms with Gasteiger partial charge in [-0.2, -0.15) is 0 Å². The summed E-state index contributed by atoms with van der Waals surface area (Å²) >= 11 is 0. The number of aromatic nitrogens is 2. The standard InChI is InChI=1S/C23H21N3O3/c27-20(14-25-17-10-12-24-13-11-17)18-6-8-21(23-19(18)7-9-22(28)26-23)29-15-16-4-2-1-3-5-16/h1-13,20,27H,14-15H2,(H,24,25)(H,26,28)/t20-/m0/s1. The second-order valence-electron chi connectivity index (χ2n) is 6.67. The molecule has 0 radical (unpaired) electrons. The Hall–Kier alpha value is -3.64. The number of nitrogens with zero attached hydrogens (tertiary/aromatic N) is 1. The topological polar surface area (TPSA) is 87.2 Å². The summed E-state index contributed by atoms with van der Waals surface area (Å²) in [5.74, 6) is 0.569. The van der Waals surface area contributed by atoms with E-state index in [9.17, 15) is 9.90 Å². The highest BCUT2D eigenvalue weighted by molar-refractivity contribution is 5.87. The number of aliphatic hydroxyl groups is 1. The summed E-state index contributed by atoms with van der Waals surface area (Å²) in [7, 11) is 0. The largest absolute Gasteiger partial charge is 0.487 e. The number of anilines is 1. The first kappa shape index (κ1) is 18.7. The van der Waals surface area contributed by atoms with E-state index in [-0.39, 0.29) is 5.56 Å². The van der Waals surface area contributed by atoms with Crippen LogP contribution in [0.15, 0.2) is 83.9 Å². The van der Waals surface area contributed by atoms with Crippen LogP contribution in [-0.2, 0) is 6.61 Å². The van der Waals surface area contributed by atoms with Gasteiger partial charge >= 0.3 is 0 Å². The van der Waals surface area contributed by atoms with Gasteiger partial charge in [0.15, 0.2) is 0 Å². The van der Waals surface area contributed by atoms with Crippen molar-refractivity contribution in [1.82, 2.24) is 9.97 Å². The first-order valence-electron chi connectivity index (χ1n) is 9.35. The molecule has 0 bridgehead atoms. The van der Waals surface area contributed by atoms with E-state index in [1.54, 1.807) is 24.5 Å². The third kappa shape index (κ3) is 4.44. The van der Waals surface area contributed by atoms with Crippen LogP contribution >= 0.6 is 0 Å². The number of aromatic amines is 1. The van der Waals surface area contributed by atoms with Gasteiger partial charge in [-0.25, -0.2) is 0 Å². The molecule has 2 aromatic carbocycles. The van der Waals surface area contributed by atoms with Gasteiger partial charge in [-0.05, 0) is 35.4 Å². The van der Waals surface area contributed by atoms with Crippen LogP contribution in [-0.4, -0.2) is 21.6 Å². The first-order chi connectivity index (χ1) is 14.2. The fraction of sp³-hybridized carbons (Fsp3) is 0.130. The van der Waals surface area contributed by atoms with E-state index < -0.39 is 6.10 Å². The molecule has 0 aliphatic rings. The van der Waals surface area contributed by atoms with E-state index in [2.05, 4.69) is 15.3 Å². The summed E-state index contributed by atoms with van der Waals surface area (Å²) in [5, 5.41) is 14.7. The molecule has 0 unspecified atom stereocenters. The summed E-state index contributed by atoms with van der Waals surface area (Å²) < 4.78 is 5.95. The summed E-state index contributed by atoms with van der Waals surface area (Å²) in [6.45, 7) is 0.709. The number of hydrogen-bond acceptors (Lipinski definition) is 5. The van der Waals surface area contributed by atoms with Gasteiger partial charge in [-0.1, -0.05) is 36.4 Å². The molecule has 1 atom stereocenters. The van der Waals surface area contributed by atoms with Crippen LogP contribution in [0.25, 0.3) is 10.9 Å². The van der Waals surface area contributed by atoms with Crippen molar-refractivity contribution in [3.8, 4) is 5.75 Å². The number of H-pyrrole nitrogens is 1. The van der Waals surface area contributed by atoms with Crippen LogP contribution < -0.4 is 15.6 Å². The molecule has 0 fully saturated rings. The fourth-order valence-electron chi connectivity index (χ4n) is 3.19. The maximum Gasteiger partial charge on any atom is 0.248 e. The Morgan fingerprint density at radius 2 is 1.79 bits per heavy atom. The van der Waals surface area contributed by atoms with Crippen LogP contribution in [0.2, 0.25) is 0 Å². The molecule has 2 aromatic heterocycles. The van der Waals surface area contributed by atoms with Crippen molar-refractivity contribution in [2.24, 2.45) is 0 Å². The van der Waals surface area contributed by atoms with Crippen molar-refractivity contribution in [3.63, 3.8) is 0 Å². The van der Waals surface area contributed by atoms with Gasteiger partial charge in [-0.15, -0.1) is 0 Å². The SMILES string of the molecule is O=c1ccc2c([C@@H](O)CNc3ccncc3)ccc(OCc3ccccc3)c2[nH]1. The monoisotopic (exact) mass is 387 g/mol. The predicted molar refractivity (Wildman–Crippen MR) is 113 cm³/mol. The van der Waals surface area contributed by atoms with E-state index in [0.717, 1.165) is 16.6 Å². The average Bonchev–Trinajstić information content (AvgIpc) is 2.77. The van der Waals surface area contributed by atoms with Gasteiger partial charge in [-0.3, -0.25) is 9.78 Å². The Balaban J connectivity index is 1.59. The third-order valence-electron chi connectivity index (χ3n) is 4.67. The number of benzene rings is 2. The lowest BCUT2D eigenvalue weighted by atomic mass is 10.0. The van der Waals surface area contributed by atoms with Crippen LogP contribution in [0.1, 0.15) is 17.2 Å². The quantitative estimate of drug-likeness (QED) is 0.451. The molecule has 6 nitrogen and oxygen atoms in total. The van der Waals surface area contributed by atoms with Gasteiger partial charge < -0.3 is 20.1 Å². The van der Waals surface area contributed by atoms with Crippen molar-refractivity contribution in [2.45, 2.75) is 12.7 Å². The highest BCUT2D eigenvalue weighted by Gasteiger charge is 2.15. The molecule has 2 heterocycles. The van der Waals surface area contributed by atoms with Crippen molar-refractivity contribution in [2.75, 3.05) is 11.9 Å². The first-order valence-corrected chi connectivity index (χ1v) is 9.35. The minimum atomic E-state index is -0.764. The molecule has 0 amide bonds. The molecule has 0 saturated carbocycles. The Morgan fingerprint density at radius 1 is 1.00 bits per heavy atom. The highest BCUT2D eigenvalue weighted by atomic mass is 16.5. The minimum absolute atomic E-state index is 0.219. The Kier molecular flexibility index (Phi) is 5.54. The number of fused-ring (bicyclic) bond motifs is 1. The van der Waals surface area contributed by atoms with Gasteiger partial charge in [0, 0.05) is 36.1 Å². The molecular weight excluding hydrogens is 366 g/mol. The van der Waals surface area contributed by atoms with E-state index in [1.807, 2.05) is 48.5 Å². The second kappa shape index (κ2) is 8.58. The summed E-state index contributed by atoms with van der Waals surface area (Å²) in [4.78, 5) is 18.7. The maximum atomic E-state index is 11.9. The molecule has 29 heavy (non-hydrogen) atoms. The summed E-state index contributed by atoms with van der Waals surface area (Å²) in [5.41, 5.74) is 2.98. The molecule has 0 spiro atoms. The highest BCUT2D eigenvalue weighted by Crippen LogP contribution is 2.30. The summed E-state index contributed by atoms with van der Waals surface area (Å²) in [6.07, 6.45) is 2.61. The average molecular weight is 387 g/mol. The van der Waals surface area contributed by atoms with Crippen molar-refractivity contribution >= 4 is 16.6 Å². The molecule has 146 valence electrons. The molecule has 4 rings (SSSR count). The molecule has 4 aromatic rings. The molecule has 3 N–H and O–H groups in total. The number of nitrogens with one attached hydrogen (secondary N) is 2. The van der Waals surface area contributed by atoms with Crippen molar-refractivity contribution in [3.05, 3.63) is 101 Å². The molecule has 0 aliphatic heterocycles. The zero-order valence-corrected chi connectivity index (χ0v) is 15.7. The van der Waals surface area contributed by atoms with Crippen LogP contribution in [0.4, 0.5) is 5.69 Å². The van der Waals surface area contributed by atoms with Gasteiger partial charge in [0.1, 0.15) is 12.4 Å². The number of pyridine rings is 2. The minimum Gasteiger partial charge on any atom is -0.487 e. The smallest absolute Gasteiger partial charge is 0.248 e. The number of rotatable bonds is 7. The van der Waals surface area contributed by atoms with Crippen LogP contribution in [0.3, 0.4) is 0 Å². The molecule has 0 saturated heterocycles. The fourth-order valence-corrected chi connectivity index (χ4v) is 3.19. The van der Waals surface area contributed by atoms with E-state index in [1.165, 1.54) is 6.07 Å². The van der Waals surface area contributed by atoms with Crippen molar-refractivity contribution < 1.29 is 9.84 Å². The Bertz CT molecular complexity index is 1140. The third-order valence-corrected chi connectivity index (χ3v) is 4.67. The van der Waals surface area contributed by atoms with E-state index >= 15 is 0 Å². The lowest BCUT2D eigenvalue weighted by Crippen LogP contribution is -2.14. The van der Waals surface area contributed by atoms with Crippen LogP contribution in [0.5, 0.6) is 5.75 Å². The Morgan fingerprint density at radius 3 is 2.59 bits per heavy atom. The Labute approximate surface area is 167 Å². The molecule has 6 heteroatoms. The van der Waals surface area contributed by atoms with Crippen LogP contribution in [0, 0.1) is 0 Å². The molecule has 0 aliphatic carbocycles. The van der Waals surface area contributed by atoms with Crippen molar-refractivity contribution in [1.29, 1.82) is 0 Å². The lowest BCUT2D eigenvalue weighted by molar-refractivity contribution is 0.193. The zero-order chi connectivity index (χ0) is 20.1. The van der Waals surface area contributed by atoms with Gasteiger partial charge in [0.05, 0.1) is 11.6 Å². The number of ether oxygens (including phenoxy) is 1. The normalized spacial score (nSPS) is 11.9. The van der Waals surface area contributed by atoms with E-state index in [0.29, 0.717) is 30.0 Å². The van der Waals surface area contributed by atoms with Gasteiger partial charge in [0.25, 0.3) is 0 Å². The molecular formula is C23H21N3O3. The second-order valence-corrected chi connectivity index (χ2v) is 6.67. The van der Waals surface area contributed by atoms with Gasteiger partial charge in [0.2, 0.25) is 5.56 Å². The lowest BCUT2D eigenvalue weighted by Gasteiger charge is -2.17. The number of aliphatic hydroxyl groups excluding tert-OH is 1. The maximum absolute atomic E-state index is 11.9.